The third-order valence-corrected chi connectivity index (χ3v) is 4.59. The van der Waals surface area contributed by atoms with Crippen molar-refractivity contribution >= 4 is 0 Å². The Morgan fingerprint density at radius 3 is 2.53 bits per heavy atom. The Balaban J connectivity index is 1.72. The largest absolute Gasteiger partial charge is 0.366 e. The van der Waals surface area contributed by atoms with Gasteiger partial charge < -0.3 is 10.1 Å². The van der Waals surface area contributed by atoms with E-state index < -0.39 is 0 Å². The van der Waals surface area contributed by atoms with Crippen LogP contribution in [0.1, 0.15) is 44.6 Å². The molecule has 0 bridgehead atoms. The third-order valence-electron chi connectivity index (χ3n) is 4.59. The summed E-state index contributed by atoms with van der Waals surface area (Å²) in [6, 6.07) is 10.7. The van der Waals surface area contributed by atoms with E-state index in [2.05, 4.69) is 42.6 Å². The highest BCUT2D eigenvalue weighted by Gasteiger charge is 2.43. The Kier molecular flexibility index (Phi) is 3.64. The SMILES string of the molecule is CC1(Cc2ccccc2)CNCC2(CCCCC2)O1. The van der Waals surface area contributed by atoms with Crippen molar-refractivity contribution in [2.24, 2.45) is 0 Å². The molecule has 1 aliphatic carbocycles. The average molecular weight is 259 g/mol. The molecular formula is C17H25NO. The topological polar surface area (TPSA) is 21.3 Å². The fourth-order valence-electron chi connectivity index (χ4n) is 3.75. The monoisotopic (exact) mass is 259 g/mol. The number of benzene rings is 1. The smallest absolute Gasteiger partial charge is 0.0826 e. The van der Waals surface area contributed by atoms with Crippen molar-refractivity contribution in [3.8, 4) is 0 Å². The minimum absolute atomic E-state index is 0.0586. The number of rotatable bonds is 2. The highest BCUT2D eigenvalue weighted by Crippen LogP contribution is 2.37. The predicted molar refractivity (Wildman–Crippen MR) is 78.3 cm³/mol. The van der Waals surface area contributed by atoms with Crippen molar-refractivity contribution in [3.63, 3.8) is 0 Å². The number of morpholine rings is 1. The molecule has 1 aromatic carbocycles. The normalized spacial score (nSPS) is 30.4. The molecule has 1 aromatic rings. The zero-order valence-electron chi connectivity index (χ0n) is 12.0. The Hall–Kier alpha value is -0.860. The summed E-state index contributed by atoms with van der Waals surface area (Å²) < 4.78 is 6.64. The second-order valence-electron chi connectivity index (χ2n) is 6.56. The van der Waals surface area contributed by atoms with Gasteiger partial charge in [0.05, 0.1) is 11.2 Å². The molecular weight excluding hydrogens is 234 g/mol. The van der Waals surface area contributed by atoms with Gasteiger partial charge in [0.2, 0.25) is 0 Å². The number of ether oxygens (including phenoxy) is 1. The van der Waals surface area contributed by atoms with Gasteiger partial charge in [-0.3, -0.25) is 0 Å². The molecule has 1 unspecified atom stereocenters. The Bertz CT molecular complexity index is 405. The summed E-state index contributed by atoms with van der Waals surface area (Å²) in [6.07, 6.45) is 7.48. The van der Waals surface area contributed by atoms with Crippen LogP contribution in [0.25, 0.3) is 0 Å². The second-order valence-corrected chi connectivity index (χ2v) is 6.56. The molecule has 1 saturated carbocycles. The van der Waals surface area contributed by atoms with E-state index >= 15 is 0 Å². The summed E-state index contributed by atoms with van der Waals surface area (Å²) in [5.74, 6) is 0. The maximum Gasteiger partial charge on any atom is 0.0826 e. The van der Waals surface area contributed by atoms with Crippen molar-refractivity contribution in [1.82, 2.24) is 5.32 Å². The lowest BCUT2D eigenvalue weighted by Gasteiger charge is -2.49. The van der Waals surface area contributed by atoms with E-state index in [1.165, 1.54) is 37.7 Å². The molecule has 1 spiro atoms. The van der Waals surface area contributed by atoms with Gasteiger partial charge in [0.25, 0.3) is 0 Å². The van der Waals surface area contributed by atoms with Crippen molar-refractivity contribution < 1.29 is 4.74 Å². The van der Waals surface area contributed by atoms with Crippen LogP contribution in [-0.4, -0.2) is 24.3 Å². The van der Waals surface area contributed by atoms with E-state index in [-0.39, 0.29) is 11.2 Å². The van der Waals surface area contributed by atoms with Crippen molar-refractivity contribution in [2.45, 2.75) is 56.7 Å². The van der Waals surface area contributed by atoms with Crippen LogP contribution in [0.15, 0.2) is 30.3 Å². The lowest BCUT2D eigenvalue weighted by atomic mass is 9.81. The summed E-state index contributed by atoms with van der Waals surface area (Å²) in [6.45, 7) is 4.27. The van der Waals surface area contributed by atoms with Gasteiger partial charge in [-0.15, -0.1) is 0 Å². The van der Waals surface area contributed by atoms with E-state index in [1.807, 2.05) is 0 Å². The van der Waals surface area contributed by atoms with Crippen LogP contribution < -0.4 is 5.32 Å². The minimum atomic E-state index is -0.0586. The zero-order chi connectivity index (χ0) is 13.2. The Labute approximate surface area is 116 Å². The quantitative estimate of drug-likeness (QED) is 0.880. The molecule has 1 N–H and O–H groups in total. The first kappa shape index (κ1) is 13.1. The molecule has 1 heterocycles. The molecule has 1 atom stereocenters. The van der Waals surface area contributed by atoms with Crippen LogP contribution >= 0.6 is 0 Å². The van der Waals surface area contributed by atoms with Crippen LogP contribution in [0.4, 0.5) is 0 Å². The molecule has 2 nitrogen and oxygen atoms in total. The molecule has 1 saturated heterocycles. The molecule has 3 rings (SSSR count). The van der Waals surface area contributed by atoms with Gasteiger partial charge in [-0.25, -0.2) is 0 Å². The molecule has 19 heavy (non-hydrogen) atoms. The van der Waals surface area contributed by atoms with Crippen LogP contribution in [0.3, 0.4) is 0 Å². The fourth-order valence-corrected chi connectivity index (χ4v) is 3.75. The van der Waals surface area contributed by atoms with Gasteiger partial charge in [-0.05, 0) is 25.3 Å². The third kappa shape index (κ3) is 3.01. The lowest BCUT2D eigenvalue weighted by molar-refractivity contribution is -0.182. The van der Waals surface area contributed by atoms with Gasteiger partial charge in [0, 0.05) is 19.5 Å². The van der Waals surface area contributed by atoms with Crippen LogP contribution in [-0.2, 0) is 11.2 Å². The molecule has 2 fully saturated rings. The molecule has 1 aliphatic heterocycles. The first-order valence-electron chi connectivity index (χ1n) is 7.65. The van der Waals surface area contributed by atoms with Crippen LogP contribution in [0, 0.1) is 0 Å². The lowest BCUT2D eigenvalue weighted by Crippen LogP contribution is -2.60. The number of nitrogens with one attached hydrogen (secondary N) is 1. The Morgan fingerprint density at radius 1 is 1.05 bits per heavy atom. The fraction of sp³-hybridized carbons (Fsp3) is 0.647. The predicted octanol–water partition coefficient (Wildman–Crippen LogP) is 3.31. The van der Waals surface area contributed by atoms with Crippen molar-refractivity contribution in [1.29, 1.82) is 0 Å². The van der Waals surface area contributed by atoms with Gasteiger partial charge in [-0.1, -0.05) is 49.6 Å². The molecule has 0 radical (unpaired) electrons. The molecule has 104 valence electrons. The molecule has 0 amide bonds. The summed E-state index contributed by atoms with van der Waals surface area (Å²) in [5, 5.41) is 3.63. The van der Waals surface area contributed by atoms with E-state index in [4.69, 9.17) is 4.74 Å². The van der Waals surface area contributed by atoms with Gasteiger partial charge in [-0.2, -0.15) is 0 Å². The van der Waals surface area contributed by atoms with Crippen LogP contribution in [0.2, 0.25) is 0 Å². The average Bonchev–Trinajstić information content (AvgIpc) is 2.40. The molecule has 2 aliphatic rings. The summed E-state index contributed by atoms with van der Waals surface area (Å²) in [7, 11) is 0. The van der Waals surface area contributed by atoms with E-state index in [0.29, 0.717) is 0 Å². The maximum absolute atomic E-state index is 6.64. The van der Waals surface area contributed by atoms with Gasteiger partial charge in [0.1, 0.15) is 0 Å². The summed E-state index contributed by atoms with van der Waals surface area (Å²) >= 11 is 0. The molecule has 2 heteroatoms. The van der Waals surface area contributed by atoms with Crippen LogP contribution in [0.5, 0.6) is 0 Å². The first-order chi connectivity index (χ1) is 9.20. The highest BCUT2D eigenvalue weighted by molar-refractivity contribution is 5.17. The second kappa shape index (κ2) is 5.26. The standard InChI is InChI=1S/C17H25NO/c1-16(12-15-8-4-2-5-9-15)13-18-14-17(19-16)10-6-3-7-11-17/h2,4-5,8-9,18H,3,6-7,10-14H2,1H3. The summed E-state index contributed by atoms with van der Waals surface area (Å²) in [4.78, 5) is 0. The summed E-state index contributed by atoms with van der Waals surface area (Å²) in [5.41, 5.74) is 1.43. The van der Waals surface area contributed by atoms with E-state index in [1.54, 1.807) is 0 Å². The highest BCUT2D eigenvalue weighted by atomic mass is 16.5. The minimum Gasteiger partial charge on any atom is -0.366 e. The van der Waals surface area contributed by atoms with Crippen molar-refractivity contribution in [2.75, 3.05) is 13.1 Å². The van der Waals surface area contributed by atoms with Crippen molar-refractivity contribution in [3.05, 3.63) is 35.9 Å². The first-order valence-corrected chi connectivity index (χ1v) is 7.65. The van der Waals surface area contributed by atoms with E-state index in [9.17, 15) is 0 Å². The number of hydrogen-bond donors (Lipinski definition) is 1. The van der Waals surface area contributed by atoms with Gasteiger partial charge >= 0.3 is 0 Å². The number of hydrogen-bond acceptors (Lipinski definition) is 2. The molecule has 0 aromatic heterocycles. The maximum atomic E-state index is 6.64. The Morgan fingerprint density at radius 2 is 1.79 bits per heavy atom. The van der Waals surface area contributed by atoms with E-state index in [0.717, 1.165) is 19.5 Å². The zero-order valence-corrected chi connectivity index (χ0v) is 12.0. The van der Waals surface area contributed by atoms with Gasteiger partial charge in [0.15, 0.2) is 0 Å².